The highest BCUT2D eigenvalue weighted by atomic mass is 35.5. The standard InChI is InChI=1S/C19H16ClNO3/c20-13-6-7-14-18(12-8-16(22)17(23)9-15(12)21-14)19(13)24-10-11-4-2-1-3-5-11/h1-5,21H,6-10H2. The lowest BCUT2D eigenvalue weighted by Crippen LogP contribution is -2.25. The zero-order valence-electron chi connectivity index (χ0n) is 13.0. The van der Waals surface area contributed by atoms with E-state index in [4.69, 9.17) is 16.3 Å². The summed E-state index contributed by atoms with van der Waals surface area (Å²) in [6.45, 7) is 0.415. The molecule has 5 heteroatoms. The van der Waals surface area contributed by atoms with E-state index in [-0.39, 0.29) is 24.4 Å². The fraction of sp³-hybridized carbons (Fsp3) is 0.263. The van der Waals surface area contributed by atoms with Crippen molar-refractivity contribution in [1.82, 2.24) is 4.98 Å². The fourth-order valence-electron chi connectivity index (χ4n) is 3.34. The summed E-state index contributed by atoms with van der Waals surface area (Å²) in [5.74, 6) is -0.0299. The summed E-state index contributed by atoms with van der Waals surface area (Å²) < 4.78 is 6.03. The van der Waals surface area contributed by atoms with Gasteiger partial charge < -0.3 is 9.72 Å². The van der Waals surface area contributed by atoms with Crippen LogP contribution in [0.25, 0.3) is 5.76 Å². The van der Waals surface area contributed by atoms with Gasteiger partial charge in [0.15, 0.2) is 0 Å². The van der Waals surface area contributed by atoms with Gasteiger partial charge in [0.05, 0.1) is 11.5 Å². The normalized spacial score (nSPS) is 16.9. The molecule has 122 valence electrons. The molecule has 1 aromatic carbocycles. The number of aryl methyl sites for hydroxylation is 1. The van der Waals surface area contributed by atoms with Crippen LogP contribution in [0.4, 0.5) is 0 Å². The number of Topliss-reactive ketones (excluding diaryl/α,β-unsaturated/α-hetero) is 2. The van der Waals surface area contributed by atoms with Crippen LogP contribution >= 0.6 is 11.6 Å². The first-order chi connectivity index (χ1) is 11.6. The topological polar surface area (TPSA) is 59.2 Å². The first-order valence-corrected chi connectivity index (χ1v) is 8.35. The van der Waals surface area contributed by atoms with Crippen LogP contribution in [0.1, 0.15) is 34.5 Å². The number of benzene rings is 1. The van der Waals surface area contributed by atoms with E-state index in [2.05, 4.69) is 4.98 Å². The Balaban J connectivity index is 1.69. The van der Waals surface area contributed by atoms with E-state index in [0.717, 1.165) is 34.5 Å². The molecule has 0 fully saturated rings. The summed E-state index contributed by atoms with van der Waals surface area (Å²) >= 11 is 6.43. The maximum Gasteiger partial charge on any atom is 0.204 e. The predicted molar refractivity (Wildman–Crippen MR) is 90.5 cm³/mol. The molecule has 0 radical (unpaired) electrons. The second-order valence-electron chi connectivity index (χ2n) is 6.14. The number of halogens is 1. The molecule has 0 bridgehead atoms. The van der Waals surface area contributed by atoms with Gasteiger partial charge >= 0.3 is 0 Å². The third-order valence-electron chi connectivity index (χ3n) is 4.55. The molecule has 4 nitrogen and oxygen atoms in total. The predicted octanol–water partition coefficient (Wildman–Crippen LogP) is 3.32. The lowest BCUT2D eigenvalue weighted by Gasteiger charge is -2.20. The molecule has 0 atom stereocenters. The number of rotatable bonds is 3. The Morgan fingerprint density at radius 3 is 2.54 bits per heavy atom. The number of ketones is 2. The second-order valence-corrected chi connectivity index (χ2v) is 6.60. The molecule has 0 aliphatic heterocycles. The van der Waals surface area contributed by atoms with Gasteiger partial charge in [0, 0.05) is 23.4 Å². The summed E-state index contributed by atoms with van der Waals surface area (Å²) in [7, 11) is 0. The molecule has 1 aromatic heterocycles. The molecule has 2 aromatic rings. The van der Waals surface area contributed by atoms with Gasteiger partial charge in [-0.1, -0.05) is 41.9 Å². The Morgan fingerprint density at radius 1 is 1.00 bits per heavy atom. The van der Waals surface area contributed by atoms with Crippen LogP contribution in [0.3, 0.4) is 0 Å². The summed E-state index contributed by atoms with van der Waals surface area (Å²) in [6, 6.07) is 9.87. The van der Waals surface area contributed by atoms with E-state index in [9.17, 15) is 9.59 Å². The van der Waals surface area contributed by atoms with E-state index < -0.39 is 0 Å². The summed E-state index contributed by atoms with van der Waals surface area (Å²) in [4.78, 5) is 26.9. The maximum absolute atomic E-state index is 11.9. The van der Waals surface area contributed by atoms with Crippen LogP contribution in [0, 0.1) is 0 Å². The molecular weight excluding hydrogens is 326 g/mol. The molecule has 2 aliphatic carbocycles. The Kier molecular flexibility index (Phi) is 3.77. The number of aromatic nitrogens is 1. The lowest BCUT2D eigenvalue weighted by atomic mass is 9.90. The van der Waals surface area contributed by atoms with Gasteiger partial charge in [-0.25, -0.2) is 0 Å². The van der Waals surface area contributed by atoms with Crippen molar-refractivity contribution in [1.29, 1.82) is 0 Å². The molecule has 0 unspecified atom stereocenters. The molecule has 2 aliphatic rings. The molecular formula is C19H16ClNO3. The van der Waals surface area contributed by atoms with Crippen LogP contribution in [-0.4, -0.2) is 16.6 Å². The Hall–Kier alpha value is -2.33. The van der Waals surface area contributed by atoms with Crippen molar-refractivity contribution in [3.05, 3.63) is 63.4 Å². The first kappa shape index (κ1) is 15.2. The number of ether oxygens (including phenoxy) is 1. The Morgan fingerprint density at radius 2 is 1.75 bits per heavy atom. The van der Waals surface area contributed by atoms with Crippen molar-refractivity contribution in [2.45, 2.75) is 32.3 Å². The number of hydrogen-bond acceptors (Lipinski definition) is 3. The van der Waals surface area contributed by atoms with Gasteiger partial charge in [0.25, 0.3) is 0 Å². The largest absolute Gasteiger partial charge is 0.487 e. The van der Waals surface area contributed by atoms with Crippen molar-refractivity contribution < 1.29 is 14.3 Å². The molecule has 1 N–H and O–H groups in total. The number of aromatic amines is 1. The number of allylic oxidation sites excluding steroid dienone is 1. The van der Waals surface area contributed by atoms with E-state index in [1.807, 2.05) is 30.3 Å². The highest BCUT2D eigenvalue weighted by Crippen LogP contribution is 2.39. The summed E-state index contributed by atoms with van der Waals surface area (Å²) in [6.07, 6.45) is 1.73. The van der Waals surface area contributed by atoms with E-state index >= 15 is 0 Å². The molecule has 24 heavy (non-hydrogen) atoms. The van der Waals surface area contributed by atoms with Crippen LogP contribution in [0.15, 0.2) is 35.4 Å². The van der Waals surface area contributed by atoms with E-state index in [1.165, 1.54) is 0 Å². The highest BCUT2D eigenvalue weighted by molar-refractivity contribution is 6.39. The molecule has 0 saturated carbocycles. The average molecular weight is 342 g/mol. The van der Waals surface area contributed by atoms with Crippen molar-refractivity contribution >= 4 is 28.9 Å². The van der Waals surface area contributed by atoms with Gasteiger partial charge in [-0.2, -0.15) is 0 Å². The monoisotopic (exact) mass is 341 g/mol. The number of hydrogen-bond donors (Lipinski definition) is 1. The summed E-state index contributed by atoms with van der Waals surface area (Å²) in [5, 5.41) is 0.671. The smallest absolute Gasteiger partial charge is 0.204 e. The van der Waals surface area contributed by atoms with Crippen LogP contribution < -0.4 is 0 Å². The van der Waals surface area contributed by atoms with Crippen molar-refractivity contribution in [3.63, 3.8) is 0 Å². The third-order valence-corrected chi connectivity index (χ3v) is 4.91. The SMILES string of the molecule is O=C1Cc2[nH]c3c(c2CC1=O)C(OCc1ccccc1)=C(Cl)CC3. The Bertz CT molecular complexity index is 864. The molecule has 0 saturated heterocycles. The second kappa shape index (κ2) is 5.95. The molecule has 0 spiro atoms. The van der Waals surface area contributed by atoms with E-state index in [1.54, 1.807) is 0 Å². The minimum atomic E-state index is -0.339. The number of nitrogens with one attached hydrogen (secondary N) is 1. The quantitative estimate of drug-likeness (QED) is 0.871. The van der Waals surface area contributed by atoms with Crippen LogP contribution in [0.5, 0.6) is 0 Å². The van der Waals surface area contributed by atoms with Gasteiger partial charge in [-0.05, 0) is 24.0 Å². The summed E-state index contributed by atoms with van der Waals surface area (Å²) in [5.41, 5.74) is 4.65. The zero-order valence-corrected chi connectivity index (χ0v) is 13.8. The van der Waals surface area contributed by atoms with Gasteiger partial charge in [-0.15, -0.1) is 0 Å². The number of fused-ring (bicyclic) bond motifs is 3. The number of carbonyl (C=O) groups excluding carboxylic acids is 2. The molecule has 1 heterocycles. The number of carbonyl (C=O) groups is 2. The van der Waals surface area contributed by atoms with Crippen molar-refractivity contribution in [3.8, 4) is 0 Å². The van der Waals surface area contributed by atoms with Gasteiger partial charge in [0.2, 0.25) is 11.6 Å². The average Bonchev–Trinajstić information content (AvgIpc) is 2.93. The zero-order chi connectivity index (χ0) is 16.7. The van der Waals surface area contributed by atoms with Gasteiger partial charge in [0.1, 0.15) is 12.4 Å². The van der Waals surface area contributed by atoms with E-state index in [0.29, 0.717) is 23.8 Å². The molecule has 4 rings (SSSR count). The highest BCUT2D eigenvalue weighted by Gasteiger charge is 2.33. The maximum atomic E-state index is 11.9. The van der Waals surface area contributed by atoms with Gasteiger partial charge in [-0.3, -0.25) is 9.59 Å². The van der Waals surface area contributed by atoms with Crippen molar-refractivity contribution in [2.24, 2.45) is 0 Å². The molecule has 0 amide bonds. The lowest BCUT2D eigenvalue weighted by molar-refractivity contribution is -0.136. The Labute approximate surface area is 144 Å². The minimum absolute atomic E-state index is 0.127. The minimum Gasteiger partial charge on any atom is -0.487 e. The third kappa shape index (κ3) is 2.57. The first-order valence-electron chi connectivity index (χ1n) is 7.98. The van der Waals surface area contributed by atoms with Crippen molar-refractivity contribution in [2.75, 3.05) is 0 Å². The van der Waals surface area contributed by atoms with Crippen LogP contribution in [-0.2, 0) is 40.2 Å². The van der Waals surface area contributed by atoms with Crippen LogP contribution in [0.2, 0.25) is 0 Å². The number of H-pyrrole nitrogens is 1. The fourth-order valence-corrected chi connectivity index (χ4v) is 3.59.